The van der Waals surface area contributed by atoms with Gasteiger partial charge in [-0.05, 0) is 20.5 Å². The Morgan fingerprint density at radius 3 is 1.65 bits per heavy atom. The molecule has 1 atom stereocenters. The Hall–Kier alpha value is -0.280. The molecule has 0 aromatic rings. The Bertz CT molecular complexity index is 223. The predicted molar refractivity (Wildman–Crippen MR) is 90.4 cm³/mol. The van der Waals surface area contributed by atoms with Crippen LogP contribution in [-0.2, 0) is 4.79 Å². The molecule has 4 heteroatoms. The van der Waals surface area contributed by atoms with Gasteiger partial charge < -0.3 is 5.73 Å². The molecule has 0 saturated carbocycles. The number of halogens is 1. The van der Waals surface area contributed by atoms with Crippen molar-refractivity contribution in [1.82, 2.24) is 4.90 Å². The lowest BCUT2D eigenvalue weighted by molar-refractivity contribution is -0.122. The lowest BCUT2D eigenvalue weighted by Crippen LogP contribution is -2.40. The molecule has 0 heterocycles. The largest absolute Gasteiger partial charge is 0.368 e. The molecule has 2 N–H and O–H groups in total. The second-order valence-corrected chi connectivity index (χ2v) is 5.85. The van der Waals surface area contributed by atoms with E-state index in [4.69, 9.17) is 5.73 Å². The fourth-order valence-corrected chi connectivity index (χ4v) is 2.48. The molecule has 1 unspecified atom stereocenters. The van der Waals surface area contributed by atoms with Crippen LogP contribution in [0.3, 0.4) is 0 Å². The van der Waals surface area contributed by atoms with Crippen LogP contribution >= 0.6 is 12.4 Å². The van der Waals surface area contributed by atoms with Gasteiger partial charge in [0.05, 0.1) is 6.04 Å². The first kappa shape index (κ1) is 22.0. The van der Waals surface area contributed by atoms with Gasteiger partial charge in [-0.1, -0.05) is 71.1 Å². The van der Waals surface area contributed by atoms with Crippen LogP contribution in [-0.4, -0.2) is 30.9 Å². The van der Waals surface area contributed by atoms with E-state index in [1.165, 1.54) is 57.8 Å². The van der Waals surface area contributed by atoms with E-state index in [0.717, 1.165) is 12.8 Å². The van der Waals surface area contributed by atoms with E-state index in [-0.39, 0.29) is 24.4 Å². The molecule has 0 aromatic carbocycles. The van der Waals surface area contributed by atoms with Gasteiger partial charge in [0.1, 0.15) is 0 Å². The number of hydrogen-bond acceptors (Lipinski definition) is 2. The van der Waals surface area contributed by atoms with Crippen LogP contribution in [0.4, 0.5) is 0 Å². The summed E-state index contributed by atoms with van der Waals surface area (Å²) in [5, 5.41) is 0. The van der Waals surface area contributed by atoms with Crippen LogP contribution in [0.2, 0.25) is 0 Å². The lowest BCUT2D eigenvalue weighted by Gasteiger charge is -2.20. The molecule has 0 rings (SSSR count). The maximum absolute atomic E-state index is 11.2. The standard InChI is InChI=1S/C16H34N2O.ClH/c1-4-5-6-7-8-9-10-11-12-13-14-15(16(17)19)18(2)3;/h15H,4-14H2,1-3H3,(H2,17,19);1H. The highest BCUT2D eigenvalue weighted by atomic mass is 35.5. The first-order valence-electron chi connectivity index (χ1n) is 8.05. The minimum atomic E-state index is -0.194. The quantitative estimate of drug-likeness (QED) is 0.520. The molecule has 0 radical (unpaired) electrons. The second-order valence-electron chi connectivity index (χ2n) is 5.85. The van der Waals surface area contributed by atoms with Crippen LogP contribution in [0.5, 0.6) is 0 Å². The maximum Gasteiger partial charge on any atom is 0.234 e. The van der Waals surface area contributed by atoms with Crippen LogP contribution in [0.1, 0.15) is 77.6 Å². The third-order valence-corrected chi connectivity index (χ3v) is 3.78. The number of nitrogens with two attached hydrogens (primary N) is 1. The number of amides is 1. The zero-order chi connectivity index (χ0) is 14.5. The van der Waals surface area contributed by atoms with Crippen molar-refractivity contribution in [3.63, 3.8) is 0 Å². The minimum Gasteiger partial charge on any atom is -0.368 e. The third kappa shape index (κ3) is 12.7. The average Bonchev–Trinajstić information content (AvgIpc) is 2.35. The molecule has 0 saturated heterocycles. The van der Waals surface area contributed by atoms with Crippen LogP contribution in [0.25, 0.3) is 0 Å². The number of primary amides is 1. The van der Waals surface area contributed by atoms with E-state index in [1.807, 2.05) is 19.0 Å². The fourth-order valence-electron chi connectivity index (χ4n) is 2.48. The molecule has 0 aromatic heterocycles. The summed E-state index contributed by atoms with van der Waals surface area (Å²) < 4.78 is 0. The minimum absolute atomic E-state index is 0. The molecule has 122 valence electrons. The normalized spacial score (nSPS) is 12.2. The van der Waals surface area contributed by atoms with E-state index < -0.39 is 0 Å². The molecule has 20 heavy (non-hydrogen) atoms. The summed E-state index contributed by atoms with van der Waals surface area (Å²) in [7, 11) is 3.84. The van der Waals surface area contributed by atoms with Gasteiger partial charge in [-0.25, -0.2) is 0 Å². The third-order valence-electron chi connectivity index (χ3n) is 3.78. The van der Waals surface area contributed by atoms with Crippen molar-refractivity contribution in [2.45, 2.75) is 83.6 Å². The molecular formula is C16H35ClN2O. The average molecular weight is 307 g/mol. The smallest absolute Gasteiger partial charge is 0.234 e. The maximum atomic E-state index is 11.2. The zero-order valence-electron chi connectivity index (χ0n) is 13.7. The van der Waals surface area contributed by atoms with Gasteiger partial charge in [-0.2, -0.15) is 0 Å². The number of carbonyl (C=O) groups is 1. The van der Waals surface area contributed by atoms with Crippen molar-refractivity contribution in [2.75, 3.05) is 14.1 Å². The number of carbonyl (C=O) groups excluding carboxylic acids is 1. The Balaban J connectivity index is 0. The van der Waals surface area contributed by atoms with E-state index in [9.17, 15) is 4.79 Å². The molecule has 0 aliphatic rings. The van der Waals surface area contributed by atoms with Crippen molar-refractivity contribution in [2.24, 2.45) is 5.73 Å². The second kappa shape index (κ2) is 15.1. The monoisotopic (exact) mass is 306 g/mol. The predicted octanol–water partition coefficient (Wildman–Crippen LogP) is 4.13. The van der Waals surface area contributed by atoms with Gasteiger partial charge in [-0.15, -0.1) is 12.4 Å². The highest BCUT2D eigenvalue weighted by Gasteiger charge is 2.16. The van der Waals surface area contributed by atoms with Gasteiger partial charge in [0.15, 0.2) is 0 Å². The van der Waals surface area contributed by atoms with Gasteiger partial charge in [0.2, 0.25) is 5.91 Å². The summed E-state index contributed by atoms with van der Waals surface area (Å²) >= 11 is 0. The summed E-state index contributed by atoms with van der Waals surface area (Å²) in [5.41, 5.74) is 5.38. The molecule has 0 aliphatic heterocycles. The Labute approximate surface area is 132 Å². The number of likely N-dealkylation sites (N-methyl/N-ethyl adjacent to an activating group) is 1. The SMILES string of the molecule is CCCCCCCCCCCCC(C(N)=O)N(C)C.Cl. The molecule has 0 bridgehead atoms. The molecule has 3 nitrogen and oxygen atoms in total. The Morgan fingerprint density at radius 2 is 1.30 bits per heavy atom. The number of unbranched alkanes of at least 4 members (excludes halogenated alkanes) is 9. The van der Waals surface area contributed by atoms with E-state index in [2.05, 4.69) is 6.92 Å². The number of hydrogen-bond donors (Lipinski definition) is 1. The molecule has 0 spiro atoms. The van der Waals surface area contributed by atoms with Crippen molar-refractivity contribution < 1.29 is 4.79 Å². The van der Waals surface area contributed by atoms with E-state index in [1.54, 1.807) is 0 Å². The highest BCUT2D eigenvalue weighted by molar-refractivity contribution is 5.85. The molecule has 1 amide bonds. The number of rotatable bonds is 13. The molecular weight excluding hydrogens is 272 g/mol. The van der Waals surface area contributed by atoms with Gasteiger partial charge in [0.25, 0.3) is 0 Å². The van der Waals surface area contributed by atoms with Crippen LogP contribution in [0, 0.1) is 0 Å². The van der Waals surface area contributed by atoms with Crippen molar-refractivity contribution in [1.29, 1.82) is 0 Å². The van der Waals surface area contributed by atoms with Crippen molar-refractivity contribution in [3.8, 4) is 0 Å². The summed E-state index contributed by atoms with van der Waals surface area (Å²) in [6.45, 7) is 2.26. The first-order chi connectivity index (χ1) is 9.09. The zero-order valence-corrected chi connectivity index (χ0v) is 14.5. The van der Waals surface area contributed by atoms with Crippen molar-refractivity contribution >= 4 is 18.3 Å². The summed E-state index contributed by atoms with van der Waals surface area (Å²) in [4.78, 5) is 13.1. The molecule has 0 aliphatic carbocycles. The summed E-state index contributed by atoms with van der Waals surface area (Å²) in [6, 6.07) is -0.0888. The lowest BCUT2D eigenvalue weighted by atomic mass is 10.0. The first-order valence-corrected chi connectivity index (χ1v) is 8.05. The van der Waals surface area contributed by atoms with E-state index in [0.29, 0.717) is 0 Å². The topological polar surface area (TPSA) is 46.3 Å². The van der Waals surface area contributed by atoms with Crippen LogP contribution in [0.15, 0.2) is 0 Å². The summed E-state index contributed by atoms with van der Waals surface area (Å²) in [6.07, 6.45) is 14.2. The van der Waals surface area contributed by atoms with Gasteiger partial charge >= 0.3 is 0 Å². The highest BCUT2D eigenvalue weighted by Crippen LogP contribution is 2.12. The van der Waals surface area contributed by atoms with Crippen LogP contribution < -0.4 is 5.73 Å². The summed E-state index contributed by atoms with van der Waals surface area (Å²) in [5.74, 6) is -0.194. The number of nitrogens with zero attached hydrogens (tertiary/aromatic N) is 1. The molecule has 0 fully saturated rings. The Kier molecular flexibility index (Phi) is 16.6. The van der Waals surface area contributed by atoms with E-state index >= 15 is 0 Å². The van der Waals surface area contributed by atoms with Gasteiger partial charge in [0, 0.05) is 0 Å². The van der Waals surface area contributed by atoms with Gasteiger partial charge in [-0.3, -0.25) is 9.69 Å². The fraction of sp³-hybridized carbons (Fsp3) is 0.938. The Morgan fingerprint density at radius 1 is 0.900 bits per heavy atom. The van der Waals surface area contributed by atoms with Crippen molar-refractivity contribution in [3.05, 3.63) is 0 Å².